The lowest BCUT2D eigenvalue weighted by Crippen LogP contribution is -2.52. The van der Waals surface area contributed by atoms with E-state index in [1.165, 1.54) is 84.0 Å². The van der Waals surface area contributed by atoms with Gasteiger partial charge in [-0.15, -0.1) is 12.4 Å². The lowest BCUT2D eigenvalue weighted by molar-refractivity contribution is -0.133. The van der Waals surface area contributed by atoms with Crippen LogP contribution in [0.15, 0.2) is 23.3 Å². The predicted octanol–water partition coefficient (Wildman–Crippen LogP) is 13.1. The third-order valence-electron chi connectivity index (χ3n) is 24.1. The van der Waals surface area contributed by atoms with E-state index in [4.69, 9.17) is 0 Å². The first-order valence-electron chi connectivity index (χ1n) is 29.6. The van der Waals surface area contributed by atoms with Crippen LogP contribution in [0.5, 0.6) is 0 Å². The molecule has 412 valence electrons. The fraction of sp³-hybridized carbons (Fsp3) is 0.903. The van der Waals surface area contributed by atoms with Crippen molar-refractivity contribution in [2.24, 2.45) is 80.8 Å². The van der Waals surface area contributed by atoms with Crippen LogP contribution < -0.4 is 5.32 Å². The average Bonchev–Trinajstić information content (AvgIpc) is 3.85. The van der Waals surface area contributed by atoms with Gasteiger partial charge in [0.15, 0.2) is 0 Å². The number of hydrogen-bond acceptors (Lipinski definition) is 7. The second kappa shape index (κ2) is 22.0. The number of nitrogens with zero attached hydrogens (tertiary/aromatic N) is 1. The van der Waals surface area contributed by atoms with Gasteiger partial charge in [0, 0.05) is 26.9 Å². The van der Waals surface area contributed by atoms with Gasteiger partial charge in [0.25, 0.3) is 0 Å². The number of aliphatic hydroxyl groups is 4. The first kappa shape index (κ1) is 58.7. The molecule has 16 atom stereocenters. The Labute approximate surface area is 449 Å². The molecular weight excluding hydrogens is 940 g/mol. The van der Waals surface area contributed by atoms with E-state index in [-0.39, 0.29) is 23.6 Å². The lowest BCUT2D eigenvalue weighted by atomic mass is 9.46. The standard InChI is InChI=1S/C31H51NO3.C29H49NO2.C2H3ClO.ClH/c1-21(10-13-31(35)16-18-32(19-17-31)22(2)33)25-8-9-26-24-7-6-23-20-28(3,34)14-15-29(23,4)27(24)11-12-30(25,26)5;1-20(9-12-29(32)15-17-30-18-16-29)23-7-8-24-22-6-5-21-19-26(2,31)13-14-27(21,3)25(22)10-11-28(23,24)4;1-2(3)4;/h6,21,24-27,34-35H,7-20H2,1-5H3;5,20,22-25,30-32H,6-19H2,1-4H3;1H3;1H/t21-,24+,25-,26+,27+,28+,29+,30-;20-,22+,23-,24+,25+,26+,27+,28-;;/m11../s1. The van der Waals surface area contributed by atoms with Crippen LogP contribution in [0.25, 0.3) is 0 Å². The van der Waals surface area contributed by atoms with Crippen molar-refractivity contribution in [2.75, 3.05) is 26.2 Å². The molecule has 10 aliphatic rings. The number of halogens is 2. The molecular formula is C62H104Cl2N2O6. The molecule has 0 radical (unpaired) electrons. The lowest BCUT2D eigenvalue weighted by Gasteiger charge is -2.59. The molecule has 8 nitrogen and oxygen atoms in total. The largest absolute Gasteiger partial charge is 0.390 e. The minimum atomic E-state index is -0.585. The van der Waals surface area contributed by atoms with Crippen molar-refractivity contribution in [1.29, 1.82) is 0 Å². The van der Waals surface area contributed by atoms with Crippen molar-refractivity contribution < 1.29 is 30.0 Å². The molecule has 72 heavy (non-hydrogen) atoms. The zero-order valence-corrected chi connectivity index (χ0v) is 48.6. The quantitative estimate of drug-likeness (QED) is 0.121. The number of likely N-dealkylation sites (tertiary alicyclic amines) is 1. The van der Waals surface area contributed by atoms with Crippen LogP contribution in [0.1, 0.15) is 223 Å². The van der Waals surface area contributed by atoms with E-state index in [9.17, 15) is 30.0 Å². The van der Waals surface area contributed by atoms with E-state index in [0.29, 0.717) is 40.7 Å². The van der Waals surface area contributed by atoms with E-state index in [0.717, 1.165) is 143 Å². The number of piperidine rings is 2. The third kappa shape index (κ3) is 11.7. The van der Waals surface area contributed by atoms with E-state index < -0.39 is 22.4 Å². The van der Waals surface area contributed by atoms with Crippen molar-refractivity contribution in [3.05, 3.63) is 23.3 Å². The minimum absolute atomic E-state index is 0. The molecule has 2 aliphatic heterocycles. The number of allylic oxidation sites excluding steroid dienone is 2. The summed E-state index contributed by atoms with van der Waals surface area (Å²) in [7, 11) is 0. The van der Waals surface area contributed by atoms with Gasteiger partial charge in [-0.25, -0.2) is 0 Å². The summed E-state index contributed by atoms with van der Waals surface area (Å²) in [6.45, 7) is 25.7. The van der Waals surface area contributed by atoms with Gasteiger partial charge in [0.1, 0.15) is 0 Å². The highest BCUT2D eigenvalue weighted by atomic mass is 35.5. The highest BCUT2D eigenvalue weighted by Crippen LogP contribution is 2.70. The first-order valence-corrected chi connectivity index (χ1v) is 30.0. The molecule has 0 unspecified atom stereocenters. The Morgan fingerprint density at radius 1 is 0.597 bits per heavy atom. The summed E-state index contributed by atoms with van der Waals surface area (Å²) in [6.07, 6.45) is 32.1. The molecule has 5 N–H and O–H groups in total. The summed E-state index contributed by atoms with van der Waals surface area (Å²) in [4.78, 5) is 22.8. The Morgan fingerprint density at radius 3 is 1.38 bits per heavy atom. The van der Waals surface area contributed by atoms with Gasteiger partial charge in [-0.05, 0) is 273 Å². The maximum atomic E-state index is 11.7. The van der Waals surface area contributed by atoms with Crippen LogP contribution in [-0.2, 0) is 9.59 Å². The van der Waals surface area contributed by atoms with Gasteiger partial charge >= 0.3 is 0 Å². The Balaban J connectivity index is 0.000000195. The third-order valence-corrected chi connectivity index (χ3v) is 24.1. The maximum Gasteiger partial charge on any atom is 0.219 e. The molecule has 0 spiro atoms. The Bertz CT molecular complexity index is 1970. The number of carbonyl (C=O) groups is 2. The monoisotopic (exact) mass is 1040 g/mol. The van der Waals surface area contributed by atoms with Crippen molar-refractivity contribution in [2.45, 2.75) is 246 Å². The van der Waals surface area contributed by atoms with Crippen LogP contribution in [0.2, 0.25) is 0 Å². The molecule has 2 heterocycles. The van der Waals surface area contributed by atoms with E-state index in [1.54, 1.807) is 18.1 Å². The average molecular weight is 1040 g/mol. The van der Waals surface area contributed by atoms with Gasteiger partial charge in [0.05, 0.1) is 22.4 Å². The smallest absolute Gasteiger partial charge is 0.219 e. The van der Waals surface area contributed by atoms with Gasteiger partial charge < -0.3 is 30.6 Å². The van der Waals surface area contributed by atoms with Crippen LogP contribution in [0.4, 0.5) is 0 Å². The molecule has 6 saturated carbocycles. The topological polar surface area (TPSA) is 130 Å². The van der Waals surface area contributed by atoms with Crippen LogP contribution in [0, 0.1) is 80.8 Å². The molecule has 10 heteroatoms. The summed E-state index contributed by atoms with van der Waals surface area (Å²) in [6, 6.07) is 0. The van der Waals surface area contributed by atoms with Crippen molar-refractivity contribution in [3.63, 3.8) is 0 Å². The van der Waals surface area contributed by atoms with E-state index >= 15 is 0 Å². The van der Waals surface area contributed by atoms with E-state index in [1.807, 2.05) is 18.7 Å². The molecule has 0 aromatic carbocycles. The fourth-order valence-corrected chi connectivity index (χ4v) is 19.6. The zero-order valence-electron chi connectivity index (χ0n) is 47.1. The van der Waals surface area contributed by atoms with Gasteiger partial charge in [-0.1, -0.05) is 64.8 Å². The summed E-state index contributed by atoms with van der Waals surface area (Å²) in [5.74, 6) is 8.04. The van der Waals surface area contributed by atoms with Crippen molar-refractivity contribution in [1.82, 2.24) is 10.2 Å². The Morgan fingerprint density at radius 2 is 0.986 bits per heavy atom. The summed E-state index contributed by atoms with van der Waals surface area (Å²) in [5.41, 5.74) is 2.68. The predicted molar refractivity (Wildman–Crippen MR) is 296 cm³/mol. The van der Waals surface area contributed by atoms with Gasteiger partial charge in [-0.3, -0.25) is 9.59 Å². The van der Waals surface area contributed by atoms with Crippen LogP contribution in [-0.4, -0.2) is 85.1 Å². The number of amides is 1. The first-order chi connectivity index (χ1) is 33.2. The van der Waals surface area contributed by atoms with Crippen LogP contribution in [0.3, 0.4) is 0 Å². The Kier molecular flexibility index (Phi) is 18.0. The summed E-state index contributed by atoms with van der Waals surface area (Å²) in [5, 5.41) is 46.7. The molecule has 2 saturated heterocycles. The molecule has 0 bridgehead atoms. The molecule has 8 aliphatic carbocycles. The number of carbonyl (C=O) groups excluding carboxylic acids is 2. The summed E-state index contributed by atoms with van der Waals surface area (Å²) < 4.78 is 0. The number of rotatable bonds is 8. The molecule has 1 amide bonds. The maximum absolute atomic E-state index is 11.7. The molecule has 0 aromatic rings. The van der Waals surface area contributed by atoms with Crippen molar-refractivity contribution in [3.8, 4) is 0 Å². The number of nitrogens with one attached hydrogen (secondary N) is 1. The van der Waals surface area contributed by atoms with Crippen molar-refractivity contribution >= 4 is 35.2 Å². The zero-order chi connectivity index (χ0) is 51.6. The highest BCUT2D eigenvalue weighted by Gasteiger charge is 2.62. The number of fused-ring (bicyclic) bond motifs is 10. The second-order valence-electron chi connectivity index (χ2n) is 28.5. The van der Waals surface area contributed by atoms with E-state index in [2.05, 4.69) is 70.6 Å². The SMILES string of the molecule is CC(=O)Cl.CC(=O)N1CCC(O)(CC[C@@H](C)[C@H]2CC[C@H]3[C@@H]4CC=C5C[C@@](C)(O)CC[C@]5(C)[C@H]4CC[C@]23C)CC1.C[C@H](CCC1(O)CCNCC1)[C@H]1CC[C@H]2[C@@H]3CC=C4C[C@@](C)(O)CC[C@]4(C)[C@H]3CC[C@]12C.Cl. The van der Waals surface area contributed by atoms with Gasteiger partial charge in [-0.2, -0.15) is 0 Å². The van der Waals surface area contributed by atoms with Gasteiger partial charge in [0.2, 0.25) is 11.1 Å². The Hall–Kier alpha value is -1.00. The second-order valence-corrected chi connectivity index (χ2v) is 29.1. The molecule has 8 fully saturated rings. The number of hydrogen-bond donors (Lipinski definition) is 5. The highest BCUT2D eigenvalue weighted by molar-refractivity contribution is 6.62. The fourth-order valence-electron chi connectivity index (χ4n) is 19.6. The molecule has 10 rings (SSSR count). The minimum Gasteiger partial charge on any atom is -0.390 e. The summed E-state index contributed by atoms with van der Waals surface area (Å²) >= 11 is 4.64. The molecule has 0 aromatic heterocycles. The normalized spacial score (nSPS) is 44.3. The van der Waals surface area contributed by atoms with Crippen LogP contribution >= 0.6 is 24.0 Å².